The Bertz CT molecular complexity index is 1090. The lowest BCUT2D eigenvalue weighted by atomic mass is 9.94. The SMILES string of the molecule is Cc1cc2c(cc1F)c(C#N)c(C1=CC=CCN1[C@@H](C)C(F)(F)F)n2C1CCCCC1. The molecule has 1 fully saturated rings. The lowest BCUT2D eigenvalue weighted by Gasteiger charge is -2.36. The normalized spacial score (nSPS) is 18.9. The van der Waals surface area contributed by atoms with Crippen molar-refractivity contribution in [3.63, 3.8) is 0 Å². The van der Waals surface area contributed by atoms with Crippen molar-refractivity contribution < 1.29 is 17.6 Å². The van der Waals surface area contributed by atoms with Crippen molar-refractivity contribution in [1.29, 1.82) is 5.26 Å². The number of nitrogens with zero attached hydrogens (tertiary/aromatic N) is 3. The molecule has 0 unspecified atom stereocenters. The highest BCUT2D eigenvalue weighted by atomic mass is 19.4. The van der Waals surface area contributed by atoms with E-state index in [-0.39, 0.29) is 18.2 Å². The van der Waals surface area contributed by atoms with Crippen molar-refractivity contribution in [3.8, 4) is 6.07 Å². The minimum atomic E-state index is -4.42. The van der Waals surface area contributed by atoms with Gasteiger partial charge in [-0.25, -0.2) is 4.39 Å². The van der Waals surface area contributed by atoms with Gasteiger partial charge in [0.1, 0.15) is 17.9 Å². The van der Waals surface area contributed by atoms with Crippen LogP contribution in [0.1, 0.15) is 61.9 Å². The van der Waals surface area contributed by atoms with Gasteiger partial charge in [-0.3, -0.25) is 0 Å². The van der Waals surface area contributed by atoms with Gasteiger partial charge in [0.15, 0.2) is 0 Å². The van der Waals surface area contributed by atoms with E-state index in [0.29, 0.717) is 27.9 Å². The molecule has 164 valence electrons. The molecule has 1 atom stereocenters. The van der Waals surface area contributed by atoms with Crippen molar-refractivity contribution in [2.75, 3.05) is 6.54 Å². The van der Waals surface area contributed by atoms with E-state index in [1.165, 1.54) is 11.0 Å². The first-order valence-electron chi connectivity index (χ1n) is 10.7. The monoisotopic (exact) mass is 431 g/mol. The average molecular weight is 431 g/mol. The van der Waals surface area contributed by atoms with E-state index in [1.54, 1.807) is 31.2 Å². The molecule has 0 spiro atoms. The summed E-state index contributed by atoms with van der Waals surface area (Å²) in [7, 11) is 0. The Labute approximate surface area is 179 Å². The summed E-state index contributed by atoms with van der Waals surface area (Å²) in [5.41, 5.74) is 2.24. The van der Waals surface area contributed by atoms with E-state index in [9.17, 15) is 22.8 Å². The molecule has 1 aliphatic heterocycles. The molecule has 1 saturated carbocycles. The molecule has 0 N–H and O–H groups in total. The standard InChI is InChI=1S/C24H25F4N3/c1-15-12-22-18(13-20(15)25)19(14-29)23(31(22)17-8-4-3-5-9-17)21-10-6-7-11-30(21)16(2)24(26,27)28/h6-7,10,12-13,16-17H,3-5,8-9,11H2,1-2H3/t16-/m0/s1. The highest BCUT2D eigenvalue weighted by molar-refractivity contribution is 5.93. The smallest absolute Gasteiger partial charge is 0.354 e. The highest BCUT2D eigenvalue weighted by Crippen LogP contribution is 2.42. The molecule has 3 nitrogen and oxygen atoms in total. The number of nitriles is 1. The third-order valence-corrected chi connectivity index (χ3v) is 6.52. The molecule has 4 rings (SSSR count). The van der Waals surface area contributed by atoms with Gasteiger partial charge in [-0.15, -0.1) is 0 Å². The summed E-state index contributed by atoms with van der Waals surface area (Å²) in [5.74, 6) is -0.422. The molecule has 2 aromatic rings. The number of rotatable bonds is 3. The van der Waals surface area contributed by atoms with Crippen LogP contribution in [0.3, 0.4) is 0 Å². The van der Waals surface area contributed by atoms with Gasteiger partial charge in [-0.2, -0.15) is 18.4 Å². The lowest BCUT2D eigenvalue weighted by Crippen LogP contribution is -2.43. The third kappa shape index (κ3) is 3.73. The quantitative estimate of drug-likeness (QED) is 0.511. The van der Waals surface area contributed by atoms with Gasteiger partial charge >= 0.3 is 6.18 Å². The number of allylic oxidation sites excluding steroid dienone is 2. The maximum Gasteiger partial charge on any atom is 0.408 e. The number of aryl methyl sites for hydroxylation is 1. The number of benzene rings is 1. The zero-order valence-corrected chi connectivity index (χ0v) is 17.6. The molecule has 1 aromatic carbocycles. The zero-order chi connectivity index (χ0) is 22.3. The summed E-state index contributed by atoms with van der Waals surface area (Å²) in [5, 5.41) is 10.5. The van der Waals surface area contributed by atoms with Crippen LogP contribution in [0.5, 0.6) is 0 Å². The number of halogens is 4. The summed E-state index contributed by atoms with van der Waals surface area (Å²) in [4.78, 5) is 1.29. The number of hydrogen-bond donors (Lipinski definition) is 0. The summed E-state index contributed by atoms with van der Waals surface area (Å²) >= 11 is 0. The molecule has 2 aliphatic rings. The first kappa shape index (κ1) is 21.5. The van der Waals surface area contributed by atoms with Crippen molar-refractivity contribution >= 4 is 16.6 Å². The second kappa shape index (κ2) is 8.07. The van der Waals surface area contributed by atoms with Crippen LogP contribution in [0.25, 0.3) is 16.6 Å². The summed E-state index contributed by atoms with van der Waals surface area (Å²) in [6, 6.07) is 3.60. The Morgan fingerprint density at radius 2 is 1.87 bits per heavy atom. The van der Waals surface area contributed by atoms with E-state index in [2.05, 4.69) is 6.07 Å². The molecule has 31 heavy (non-hydrogen) atoms. The second-order valence-electron chi connectivity index (χ2n) is 8.47. The molecular formula is C24H25F4N3. The Hall–Kier alpha value is -2.75. The highest BCUT2D eigenvalue weighted by Gasteiger charge is 2.42. The van der Waals surface area contributed by atoms with Gasteiger partial charge in [0.05, 0.1) is 22.5 Å². The average Bonchev–Trinajstić information content (AvgIpc) is 3.06. The largest absolute Gasteiger partial charge is 0.408 e. The Morgan fingerprint density at radius 3 is 2.52 bits per heavy atom. The van der Waals surface area contributed by atoms with E-state index >= 15 is 0 Å². The maximum absolute atomic E-state index is 14.4. The molecule has 1 aliphatic carbocycles. The minimum absolute atomic E-state index is 0.0630. The van der Waals surface area contributed by atoms with Crippen LogP contribution in [-0.4, -0.2) is 28.2 Å². The predicted molar refractivity (Wildman–Crippen MR) is 113 cm³/mol. The zero-order valence-electron chi connectivity index (χ0n) is 17.6. The van der Waals surface area contributed by atoms with Crippen molar-refractivity contribution in [1.82, 2.24) is 9.47 Å². The van der Waals surface area contributed by atoms with Gasteiger partial charge in [0.25, 0.3) is 0 Å². The number of hydrogen-bond acceptors (Lipinski definition) is 2. The van der Waals surface area contributed by atoms with E-state index in [0.717, 1.165) is 39.0 Å². The lowest BCUT2D eigenvalue weighted by molar-refractivity contribution is -0.169. The topological polar surface area (TPSA) is 32.0 Å². The van der Waals surface area contributed by atoms with E-state index in [4.69, 9.17) is 0 Å². The number of fused-ring (bicyclic) bond motifs is 1. The fourth-order valence-electron chi connectivity index (χ4n) is 4.80. The fourth-order valence-corrected chi connectivity index (χ4v) is 4.80. The van der Waals surface area contributed by atoms with Crippen LogP contribution in [0, 0.1) is 24.1 Å². The van der Waals surface area contributed by atoms with Crippen LogP contribution in [-0.2, 0) is 0 Å². The summed E-state index contributed by atoms with van der Waals surface area (Å²) in [6.07, 6.45) is 5.56. The van der Waals surface area contributed by atoms with Gasteiger partial charge < -0.3 is 9.47 Å². The molecular weight excluding hydrogens is 406 g/mol. The Balaban J connectivity index is 2.01. The van der Waals surface area contributed by atoms with Crippen LogP contribution < -0.4 is 0 Å². The van der Waals surface area contributed by atoms with Crippen molar-refractivity contribution in [2.24, 2.45) is 0 Å². The van der Waals surface area contributed by atoms with Crippen LogP contribution in [0.2, 0.25) is 0 Å². The molecule has 0 bridgehead atoms. The maximum atomic E-state index is 14.4. The summed E-state index contributed by atoms with van der Waals surface area (Å²) < 4.78 is 57.4. The van der Waals surface area contributed by atoms with E-state index < -0.39 is 18.0 Å². The second-order valence-corrected chi connectivity index (χ2v) is 8.47. The van der Waals surface area contributed by atoms with Crippen LogP contribution in [0.15, 0.2) is 30.4 Å². The minimum Gasteiger partial charge on any atom is -0.354 e. The first-order chi connectivity index (χ1) is 14.7. The Morgan fingerprint density at radius 1 is 1.16 bits per heavy atom. The molecule has 7 heteroatoms. The van der Waals surface area contributed by atoms with E-state index in [1.807, 2.05) is 4.57 Å². The molecule has 0 radical (unpaired) electrons. The third-order valence-electron chi connectivity index (χ3n) is 6.52. The van der Waals surface area contributed by atoms with Gasteiger partial charge in [-0.1, -0.05) is 31.4 Å². The van der Waals surface area contributed by atoms with Crippen LogP contribution >= 0.6 is 0 Å². The number of alkyl halides is 3. The van der Waals surface area contributed by atoms with Crippen molar-refractivity contribution in [3.05, 3.63) is 53.0 Å². The van der Waals surface area contributed by atoms with Crippen molar-refractivity contribution in [2.45, 2.75) is 64.2 Å². The van der Waals surface area contributed by atoms with Gasteiger partial charge in [0, 0.05) is 18.0 Å². The first-order valence-corrected chi connectivity index (χ1v) is 10.7. The predicted octanol–water partition coefficient (Wildman–Crippen LogP) is 6.63. The number of aromatic nitrogens is 1. The fraction of sp³-hybridized carbons (Fsp3) is 0.458. The Kier molecular flexibility index (Phi) is 5.59. The molecule has 1 aromatic heterocycles. The molecule has 0 amide bonds. The molecule has 2 heterocycles. The summed E-state index contributed by atoms with van der Waals surface area (Å²) in [6.45, 7) is 2.90. The van der Waals surface area contributed by atoms with Crippen LogP contribution in [0.4, 0.5) is 17.6 Å². The van der Waals surface area contributed by atoms with Gasteiger partial charge in [0.2, 0.25) is 0 Å². The molecule has 0 saturated heterocycles. The van der Waals surface area contributed by atoms with Gasteiger partial charge in [-0.05, 0) is 50.5 Å².